The average Bonchev–Trinajstić information content (AvgIpc) is 2.28. The van der Waals surface area contributed by atoms with Crippen molar-refractivity contribution in [3.05, 3.63) is 29.8 Å². The second-order valence-corrected chi connectivity index (χ2v) is 4.30. The van der Waals surface area contributed by atoms with E-state index in [1.165, 1.54) is 0 Å². The van der Waals surface area contributed by atoms with Crippen molar-refractivity contribution in [3.8, 4) is 0 Å². The number of carbonyl (C=O) groups is 1. The van der Waals surface area contributed by atoms with E-state index in [1.807, 2.05) is 43.1 Å². The minimum Gasteiger partial charge on any atom is -0.480 e. The van der Waals surface area contributed by atoms with Crippen LogP contribution < -0.4 is 5.73 Å². The normalized spacial score (nSPS) is 12.6. The Morgan fingerprint density at radius 2 is 2.00 bits per heavy atom. The van der Waals surface area contributed by atoms with Gasteiger partial charge in [0.05, 0.1) is 0 Å². The van der Waals surface area contributed by atoms with Crippen LogP contribution in [0.1, 0.15) is 25.3 Å². The minimum atomic E-state index is -0.759. The van der Waals surface area contributed by atoms with Crippen LogP contribution in [0.3, 0.4) is 0 Å². The quantitative estimate of drug-likeness (QED) is 0.741. The Balaban J connectivity index is 2.66. The van der Waals surface area contributed by atoms with Crippen LogP contribution >= 0.6 is 0 Å². The lowest BCUT2D eigenvalue weighted by atomic mass is 10.1. The largest absolute Gasteiger partial charge is 0.480 e. The number of nitrogens with zero attached hydrogens (tertiary/aromatic N) is 1. The SMILES string of the molecule is CCCC(C(=O)O)N(C)Cc1ccc(N)cc1. The summed E-state index contributed by atoms with van der Waals surface area (Å²) in [5.41, 5.74) is 7.40. The minimum absolute atomic E-state index is 0.419. The van der Waals surface area contributed by atoms with E-state index in [9.17, 15) is 4.79 Å². The van der Waals surface area contributed by atoms with Gasteiger partial charge in [0.15, 0.2) is 0 Å². The summed E-state index contributed by atoms with van der Waals surface area (Å²) in [5.74, 6) is -0.759. The molecule has 0 aliphatic heterocycles. The van der Waals surface area contributed by atoms with E-state index < -0.39 is 12.0 Å². The van der Waals surface area contributed by atoms with Gasteiger partial charge in [0.1, 0.15) is 6.04 Å². The summed E-state index contributed by atoms with van der Waals surface area (Å²) < 4.78 is 0. The highest BCUT2D eigenvalue weighted by molar-refractivity contribution is 5.73. The summed E-state index contributed by atoms with van der Waals surface area (Å²) in [5, 5.41) is 9.14. The Hall–Kier alpha value is -1.55. The standard InChI is InChI=1S/C13H20N2O2/c1-3-4-12(13(16)17)15(2)9-10-5-7-11(14)8-6-10/h5-8,12H,3-4,9,14H2,1-2H3,(H,16,17). The van der Waals surface area contributed by atoms with Crippen molar-refractivity contribution in [2.75, 3.05) is 12.8 Å². The van der Waals surface area contributed by atoms with Gasteiger partial charge in [0.25, 0.3) is 0 Å². The van der Waals surface area contributed by atoms with E-state index in [1.54, 1.807) is 0 Å². The lowest BCUT2D eigenvalue weighted by Gasteiger charge is -2.24. The molecule has 0 fully saturated rings. The number of carboxylic acids is 1. The number of benzene rings is 1. The fourth-order valence-electron chi connectivity index (χ4n) is 1.83. The average molecular weight is 236 g/mol. The Bertz CT molecular complexity index is 362. The van der Waals surface area contributed by atoms with Crippen molar-refractivity contribution in [2.24, 2.45) is 0 Å². The molecule has 0 saturated carbocycles. The molecule has 94 valence electrons. The van der Waals surface area contributed by atoms with E-state index in [-0.39, 0.29) is 0 Å². The Morgan fingerprint density at radius 1 is 1.41 bits per heavy atom. The van der Waals surface area contributed by atoms with Gasteiger partial charge in [-0.15, -0.1) is 0 Å². The van der Waals surface area contributed by atoms with Gasteiger partial charge >= 0.3 is 5.97 Å². The maximum atomic E-state index is 11.1. The highest BCUT2D eigenvalue weighted by Crippen LogP contribution is 2.12. The predicted octanol–water partition coefficient (Wildman–Crippen LogP) is 1.95. The Labute approximate surface area is 102 Å². The molecule has 1 atom stereocenters. The summed E-state index contributed by atoms with van der Waals surface area (Å²) in [7, 11) is 1.84. The van der Waals surface area contributed by atoms with Crippen LogP contribution in [0.5, 0.6) is 0 Å². The predicted molar refractivity (Wildman–Crippen MR) is 68.7 cm³/mol. The first-order valence-corrected chi connectivity index (χ1v) is 5.82. The zero-order valence-electron chi connectivity index (χ0n) is 10.4. The van der Waals surface area contributed by atoms with Crippen molar-refractivity contribution < 1.29 is 9.90 Å². The number of likely N-dealkylation sites (N-methyl/N-ethyl adjacent to an activating group) is 1. The highest BCUT2D eigenvalue weighted by atomic mass is 16.4. The first-order chi connectivity index (χ1) is 8.04. The van der Waals surface area contributed by atoms with Crippen molar-refractivity contribution in [2.45, 2.75) is 32.4 Å². The third-order valence-corrected chi connectivity index (χ3v) is 2.79. The molecule has 4 nitrogen and oxygen atoms in total. The van der Waals surface area contributed by atoms with Crippen LogP contribution in [0.2, 0.25) is 0 Å². The fraction of sp³-hybridized carbons (Fsp3) is 0.462. The third-order valence-electron chi connectivity index (χ3n) is 2.79. The molecule has 0 bridgehead atoms. The van der Waals surface area contributed by atoms with Gasteiger partial charge in [0, 0.05) is 12.2 Å². The van der Waals surface area contributed by atoms with Crippen molar-refractivity contribution in [3.63, 3.8) is 0 Å². The zero-order chi connectivity index (χ0) is 12.8. The summed E-state index contributed by atoms with van der Waals surface area (Å²) in [6.07, 6.45) is 1.53. The molecule has 3 N–H and O–H groups in total. The molecule has 0 heterocycles. The molecule has 1 aromatic carbocycles. The number of hydrogen-bond donors (Lipinski definition) is 2. The molecule has 0 radical (unpaired) electrons. The van der Waals surface area contributed by atoms with Crippen molar-refractivity contribution >= 4 is 11.7 Å². The summed E-state index contributed by atoms with van der Waals surface area (Å²) in [4.78, 5) is 13.0. The highest BCUT2D eigenvalue weighted by Gasteiger charge is 2.21. The smallest absolute Gasteiger partial charge is 0.320 e. The monoisotopic (exact) mass is 236 g/mol. The second-order valence-electron chi connectivity index (χ2n) is 4.30. The molecular weight excluding hydrogens is 216 g/mol. The van der Waals surface area contributed by atoms with Gasteiger partial charge in [-0.1, -0.05) is 25.5 Å². The molecule has 1 rings (SSSR count). The lowest BCUT2D eigenvalue weighted by molar-refractivity contribution is -0.143. The number of aliphatic carboxylic acids is 1. The van der Waals surface area contributed by atoms with Gasteiger partial charge in [-0.3, -0.25) is 9.69 Å². The zero-order valence-corrected chi connectivity index (χ0v) is 10.4. The van der Waals surface area contributed by atoms with E-state index in [0.717, 1.165) is 17.7 Å². The molecule has 0 aliphatic rings. The van der Waals surface area contributed by atoms with Crippen LogP contribution in [-0.2, 0) is 11.3 Å². The summed E-state index contributed by atoms with van der Waals surface area (Å²) in [6.45, 7) is 2.62. The van der Waals surface area contributed by atoms with Gasteiger partial charge in [-0.2, -0.15) is 0 Å². The molecule has 0 aliphatic carbocycles. The van der Waals surface area contributed by atoms with Crippen molar-refractivity contribution in [1.82, 2.24) is 4.90 Å². The number of hydrogen-bond acceptors (Lipinski definition) is 3. The molecule has 0 amide bonds. The molecule has 1 aromatic rings. The molecule has 4 heteroatoms. The summed E-state index contributed by atoms with van der Waals surface area (Å²) in [6, 6.07) is 7.10. The van der Waals surface area contributed by atoms with E-state index >= 15 is 0 Å². The van der Waals surface area contributed by atoms with Gasteiger partial charge < -0.3 is 10.8 Å². The topological polar surface area (TPSA) is 66.6 Å². The van der Waals surface area contributed by atoms with Crippen molar-refractivity contribution in [1.29, 1.82) is 0 Å². The second kappa shape index (κ2) is 6.25. The first-order valence-electron chi connectivity index (χ1n) is 5.82. The number of nitrogen functional groups attached to an aromatic ring is 1. The Morgan fingerprint density at radius 3 is 2.47 bits per heavy atom. The summed E-state index contributed by atoms with van der Waals surface area (Å²) >= 11 is 0. The van der Waals surface area contributed by atoms with E-state index in [0.29, 0.717) is 13.0 Å². The van der Waals surface area contributed by atoms with Gasteiger partial charge in [0.2, 0.25) is 0 Å². The third kappa shape index (κ3) is 4.07. The maximum absolute atomic E-state index is 11.1. The maximum Gasteiger partial charge on any atom is 0.320 e. The number of carboxylic acid groups (broad SMARTS) is 1. The molecule has 0 aromatic heterocycles. The molecule has 17 heavy (non-hydrogen) atoms. The molecule has 0 spiro atoms. The Kier molecular flexibility index (Phi) is 4.97. The fourth-order valence-corrected chi connectivity index (χ4v) is 1.83. The van der Waals surface area contributed by atoms with E-state index in [4.69, 9.17) is 10.8 Å². The van der Waals surface area contributed by atoms with Crippen LogP contribution in [0.4, 0.5) is 5.69 Å². The molecule has 0 saturated heterocycles. The molecule has 1 unspecified atom stereocenters. The van der Waals surface area contributed by atoms with E-state index in [2.05, 4.69) is 0 Å². The van der Waals surface area contributed by atoms with Crippen LogP contribution in [0, 0.1) is 0 Å². The number of nitrogens with two attached hydrogens (primary N) is 1. The number of rotatable bonds is 6. The van der Waals surface area contributed by atoms with Crippen LogP contribution in [0.25, 0.3) is 0 Å². The van der Waals surface area contributed by atoms with Crippen LogP contribution in [-0.4, -0.2) is 29.1 Å². The molecular formula is C13H20N2O2. The first kappa shape index (κ1) is 13.5. The van der Waals surface area contributed by atoms with Crippen LogP contribution in [0.15, 0.2) is 24.3 Å². The number of anilines is 1. The van der Waals surface area contributed by atoms with Gasteiger partial charge in [-0.25, -0.2) is 0 Å². The lowest BCUT2D eigenvalue weighted by Crippen LogP contribution is -2.37. The van der Waals surface area contributed by atoms with Gasteiger partial charge in [-0.05, 0) is 31.2 Å².